The Bertz CT molecular complexity index is 440. The maximum absolute atomic E-state index is 12.3. The predicted molar refractivity (Wildman–Crippen MR) is 67.6 cm³/mol. The van der Waals surface area contributed by atoms with Gasteiger partial charge in [0.25, 0.3) is 5.91 Å². The number of nitrogens with one attached hydrogen (secondary N) is 1. The quantitative estimate of drug-likeness (QED) is 0.814. The van der Waals surface area contributed by atoms with E-state index in [9.17, 15) is 9.90 Å². The van der Waals surface area contributed by atoms with Crippen molar-refractivity contribution in [1.82, 2.24) is 5.32 Å². The van der Waals surface area contributed by atoms with Gasteiger partial charge in [0.2, 0.25) is 0 Å². The number of carbonyl (C=O) groups is 1. The number of hydrogen-bond donors (Lipinski definition) is 2. The minimum atomic E-state index is -0.690. The molecular formula is C13H17NO5. The summed E-state index contributed by atoms with van der Waals surface area (Å²) in [5.41, 5.74) is 0.312. The third kappa shape index (κ3) is 2.80. The van der Waals surface area contributed by atoms with E-state index in [4.69, 9.17) is 14.2 Å². The first kappa shape index (κ1) is 13.6. The lowest BCUT2D eigenvalue weighted by molar-refractivity contribution is 0.0880. The maximum atomic E-state index is 12.3. The van der Waals surface area contributed by atoms with Crippen LogP contribution in [-0.2, 0) is 4.74 Å². The number of benzene rings is 1. The minimum absolute atomic E-state index is 0.230. The summed E-state index contributed by atoms with van der Waals surface area (Å²) in [7, 11) is 2.97. The van der Waals surface area contributed by atoms with Gasteiger partial charge in [0.15, 0.2) is 0 Å². The Hall–Kier alpha value is -1.79. The Kier molecular flexibility index (Phi) is 4.24. The van der Waals surface area contributed by atoms with Crippen molar-refractivity contribution in [2.24, 2.45) is 0 Å². The molecule has 1 saturated heterocycles. The van der Waals surface area contributed by atoms with Crippen molar-refractivity contribution in [2.75, 3.05) is 27.4 Å². The van der Waals surface area contributed by atoms with E-state index in [1.807, 2.05) is 0 Å². The average Bonchev–Trinajstić information content (AvgIpc) is 2.83. The van der Waals surface area contributed by atoms with E-state index in [-0.39, 0.29) is 12.5 Å². The zero-order valence-corrected chi connectivity index (χ0v) is 10.9. The molecule has 0 bridgehead atoms. The van der Waals surface area contributed by atoms with Crippen LogP contribution in [0.1, 0.15) is 10.4 Å². The van der Waals surface area contributed by atoms with Crippen LogP contribution in [0.15, 0.2) is 18.2 Å². The van der Waals surface area contributed by atoms with Crippen molar-refractivity contribution in [2.45, 2.75) is 12.1 Å². The highest BCUT2D eigenvalue weighted by molar-refractivity contribution is 6.00. The zero-order chi connectivity index (χ0) is 13.8. The van der Waals surface area contributed by atoms with Gasteiger partial charge in [-0.15, -0.1) is 0 Å². The van der Waals surface area contributed by atoms with Gasteiger partial charge in [0.05, 0.1) is 39.6 Å². The van der Waals surface area contributed by atoms with E-state index < -0.39 is 12.1 Å². The van der Waals surface area contributed by atoms with Crippen molar-refractivity contribution in [3.8, 4) is 11.5 Å². The molecule has 1 fully saturated rings. The molecule has 6 nitrogen and oxygen atoms in total. The fraction of sp³-hybridized carbons (Fsp3) is 0.462. The van der Waals surface area contributed by atoms with Gasteiger partial charge in [-0.25, -0.2) is 0 Å². The minimum Gasteiger partial charge on any atom is -0.496 e. The van der Waals surface area contributed by atoms with Crippen molar-refractivity contribution in [1.29, 1.82) is 0 Å². The Morgan fingerprint density at radius 3 is 2.42 bits per heavy atom. The number of hydrogen-bond acceptors (Lipinski definition) is 5. The van der Waals surface area contributed by atoms with E-state index in [0.717, 1.165) is 0 Å². The van der Waals surface area contributed by atoms with Gasteiger partial charge < -0.3 is 24.6 Å². The molecule has 1 aromatic rings. The van der Waals surface area contributed by atoms with Crippen LogP contribution in [0.2, 0.25) is 0 Å². The summed E-state index contributed by atoms with van der Waals surface area (Å²) in [4.78, 5) is 12.3. The monoisotopic (exact) mass is 267 g/mol. The Morgan fingerprint density at radius 1 is 1.32 bits per heavy atom. The Balaban J connectivity index is 2.22. The van der Waals surface area contributed by atoms with Crippen LogP contribution in [0.4, 0.5) is 0 Å². The first-order chi connectivity index (χ1) is 9.17. The molecule has 2 rings (SSSR count). The number of aliphatic hydroxyl groups excluding tert-OH is 1. The maximum Gasteiger partial charge on any atom is 0.259 e. The van der Waals surface area contributed by atoms with Gasteiger partial charge in [-0.2, -0.15) is 0 Å². The van der Waals surface area contributed by atoms with Crippen LogP contribution < -0.4 is 14.8 Å². The standard InChI is InChI=1S/C13H17NO5/c1-17-10-4-3-5-11(18-2)12(10)13(16)14-8-6-19-7-9(8)15/h3-5,8-9,15H,6-7H2,1-2H3,(H,14,16). The molecule has 1 heterocycles. The highest BCUT2D eigenvalue weighted by atomic mass is 16.5. The topological polar surface area (TPSA) is 77.0 Å². The van der Waals surface area contributed by atoms with Crippen LogP contribution in [0.25, 0.3) is 0 Å². The SMILES string of the molecule is COc1cccc(OC)c1C(=O)NC1COCC1O. The summed E-state index contributed by atoms with van der Waals surface area (Å²) < 4.78 is 15.4. The molecule has 1 amide bonds. The lowest BCUT2D eigenvalue weighted by atomic mass is 10.1. The van der Waals surface area contributed by atoms with E-state index >= 15 is 0 Å². The highest BCUT2D eigenvalue weighted by Crippen LogP contribution is 2.28. The molecule has 104 valence electrons. The van der Waals surface area contributed by atoms with E-state index in [2.05, 4.69) is 5.32 Å². The summed E-state index contributed by atoms with van der Waals surface area (Å²) in [5.74, 6) is 0.486. The summed E-state index contributed by atoms with van der Waals surface area (Å²) in [5, 5.41) is 12.4. The molecule has 1 aromatic carbocycles. The van der Waals surface area contributed by atoms with Gasteiger partial charge in [-0.05, 0) is 12.1 Å². The van der Waals surface area contributed by atoms with Crippen LogP contribution in [0, 0.1) is 0 Å². The molecule has 19 heavy (non-hydrogen) atoms. The van der Waals surface area contributed by atoms with E-state index in [1.165, 1.54) is 14.2 Å². The second kappa shape index (κ2) is 5.90. The smallest absolute Gasteiger partial charge is 0.259 e. The van der Waals surface area contributed by atoms with Gasteiger partial charge >= 0.3 is 0 Å². The molecule has 1 aliphatic heterocycles. The number of methoxy groups -OCH3 is 2. The fourth-order valence-corrected chi connectivity index (χ4v) is 2.00. The van der Waals surface area contributed by atoms with Crippen molar-refractivity contribution >= 4 is 5.91 Å². The lowest BCUT2D eigenvalue weighted by Gasteiger charge is -2.17. The fourth-order valence-electron chi connectivity index (χ4n) is 2.00. The number of rotatable bonds is 4. The van der Waals surface area contributed by atoms with Crippen molar-refractivity contribution < 1.29 is 24.1 Å². The number of aliphatic hydroxyl groups is 1. The van der Waals surface area contributed by atoms with Gasteiger partial charge in [-0.3, -0.25) is 4.79 Å². The predicted octanol–water partition coefficient (Wildman–Crippen LogP) is 0.193. The molecule has 0 radical (unpaired) electrons. The summed E-state index contributed by atoms with van der Waals surface area (Å²) in [6.07, 6.45) is -0.690. The molecule has 0 aliphatic carbocycles. The van der Waals surface area contributed by atoms with Crippen LogP contribution in [-0.4, -0.2) is 50.6 Å². The second-order valence-corrected chi connectivity index (χ2v) is 4.22. The number of carbonyl (C=O) groups excluding carboxylic acids is 1. The van der Waals surface area contributed by atoms with E-state index in [0.29, 0.717) is 23.7 Å². The van der Waals surface area contributed by atoms with Gasteiger partial charge in [0, 0.05) is 0 Å². The van der Waals surface area contributed by atoms with Gasteiger partial charge in [-0.1, -0.05) is 6.07 Å². The summed E-state index contributed by atoms with van der Waals surface area (Å²) in [6.45, 7) is 0.526. The molecule has 0 aromatic heterocycles. The molecule has 6 heteroatoms. The van der Waals surface area contributed by atoms with Crippen molar-refractivity contribution in [3.63, 3.8) is 0 Å². The molecular weight excluding hydrogens is 250 g/mol. The Labute approximate surface area is 111 Å². The van der Waals surface area contributed by atoms with Crippen molar-refractivity contribution in [3.05, 3.63) is 23.8 Å². The number of amides is 1. The average molecular weight is 267 g/mol. The first-order valence-electron chi connectivity index (χ1n) is 5.95. The summed E-state index contributed by atoms with van der Waals surface area (Å²) >= 11 is 0. The third-order valence-electron chi connectivity index (χ3n) is 3.02. The normalized spacial score (nSPS) is 22.1. The van der Waals surface area contributed by atoms with Gasteiger partial charge in [0.1, 0.15) is 17.1 Å². The Morgan fingerprint density at radius 2 is 1.95 bits per heavy atom. The third-order valence-corrected chi connectivity index (χ3v) is 3.02. The number of ether oxygens (including phenoxy) is 3. The molecule has 2 unspecified atom stereocenters. The van der Waals surface area contributed by atoms with E-state index in [1.54, 1.807) is 18.2 Å². The summed E-state index contributed by atoms with van der Waals surface area (Å²) in [6, 6.07) is 4.68. The van der Waals surface area contributed by atoms with Crippen LogP contribution in [0.3, 0.4) is 0 Å². The van der Waals surface area contributed by atoms with Crippen LogP contribution >= 0.6 is 0 Å². The first-order valence-corrected chi connectivity index (χ1v) is 5.95. The zero-order valence-electron chi connectivity index (χ0n) is 10.9. The second-order valence-electron chi connectivity index (χ2n) is 4.22. The van der Waals surface area contributed by atoms with Crippen LogP contribution in [0.5, 0.6) is 11.5 Å². The molecule has 0 spiro atoms. The highest BCUT2D eigenvalue weighted by Gasteiger charge is 2.29. The molecule has 2 N–H and O–H groups in total. The molecule has 0 saturated carbocycles. The lowest BCUT2D eigenvalue weighted by Crippen LogP contribution is -2.42. The molecule has 1 aliphatic rings. The largest absolute Gasteiger partial charge is 0.496 e. The molecule has 2 atom stereocenters.